The molecule has 0 unspecified atom stereocenters. The molecule has 3 rings (SSSR count). The van der Waals surface area contributed by atoms with Gasteiger partial charge in [-0.2, -0.15) is 0 Å². The summed E-state index contributed by atoms with van der Waals surface area (Å²) in [5, 5.41) is 12.8. The molecule has 26 heavy (non-hydrogen) atoms. The Bertz CT molecular complexity index is 859. The van der Waals surface area contributed by atoms with Crippen LogP contribution in [0.3, 0.4) is 0 Å². The number of aliphatic hydroxyl groups is 1. The number of carbonyl (C=O) groups excluding carboxylic acids is 1. The predicted molar refractivity (Wildman–Crippen MR) is 103 cm³/mol. The third kappa shape index (κ3) is 4.49. The van der Waals surface area contributed by atoms with Crippen LogP contribution in [0, 0.1) is 0 Å². The van der Waals surface area contributed by atoms with Crippen LogP contribution in [0.4, 0.5) is 0 Å². The fraction of sp³-hybridized carbons (Fsp3) is 0.333. The molecule has 5 heteroatoms. The van der Waals surface area contributed by atoms with Gasteiger partial charge >= 0.3 is 0 Å². The van der Waals surface area contributed by atoms with Crippen LogP contribution in [0.1, 0.15) is 55.0 Å². The first-order chi connectivity index (χ1) is 12.3. The summed E-state index contributed by atoms with van der Waals surface area (Å²) in [6.07, 6.45) is 1.46. The summed E-state index contributed by atoms with van der Waals surface area (Å²) in [5.41, 5.74) is 2.88. The average molecular weight is 351 g/mol. The second-order valence-corrected chi connectivity index (χ2v) is 7.34. The van der Waals surface area contributed by atoms with Gasteiger partial charge in [-0.15, -0.1) is 0 Å². The van der Waals surface area contributed by atoms with E-state index in [1.807, 2.05) is 55.5 Å². The van der Waals surface area contributed by atoms with Gasteiger partial charge in [0.25, 0.3) is 5.91 Å². The van der Waals surface area contributed by atoms with Crippen LogP contribution >= 0.6 is 0 Å². The molecule has 3 aromatic rings. The normalized spacial score (nSPS) is 12.9. The smallest absolute Gasteiger partial charge is 0.251 e. The number of carbonyl (C=O) groups is 1. The molecule has 0 saturated heterocycles. The number of fused-ring (bicyclic) bond motifs is 1. The highest BCUT2D eigenvalue weighted by Gasteiger charge is 2.15. The first-order valence-corrected chi connectivity index (χ1v) is 8.89. The minimum absolute atomic E-state index is 0.132. The Morgan fingerprint density at radius 3 is 2.54 bits per heavy atom. The van der Waals surface area contributed by atoms with Crippen molar-refractivity contribution in [3.05, 3.63) is 65.5 Å². The summed E-state index contributed by atoms with van der Waals surface area (Å²) in [7, 11) is 0. The summed E-state index contributed by atoms with van der Waals surface area (Å²) in [5.74, 6) is 0.605. The molecule has 0 spiro atoms. The molecule has 3 N–H and O–H groups in total. The molecule has 1 heterocycles. The Hall–Kier alpha value is -2.66. The second-order valence-electron chi connectivity index (χ2n) is 7.34. The van der Waals surface area contributed by atoms with Crippen LogP contribution in [0.2, 0.25) is 0 Å². The van der Waals surface area contributed by atoms with Crippen LogP contribution in [0.25, 0.3) is 11.0 Å². The Kier molecular flexibility index (Phi) is 5.09. The molecule has 5 nitrogen and oxygen atoms in total. The van der Waals surface area contributed by atoms with Crippen molar-refractivity contribution >= 4 is 16.9 Å². The third-order valence-electron chi connectivity index (χ3n) is 4.41. The molecule has 0 saturated carbocycles. The zero-order chi connectivity index (χ0) is 18.7. The van der Waals surface area contributed by atoms with Gasteiger partial charge in [0.05, 0.1) is 22.7 Å². The van der Waals surface area contributed by atoms with Crippen LogP contribution in [0.5, 0.6) is 0 Å². The zero-order valence-corrected chi connectivity index (χ0v) is 15.4. The highest BCUT2D eigenvalue weighted by atomic mass is 16.3. The third-order valence-corrected chi connectivity index (χ3v) is 4.41. The Morgan fingerprint density at radius 2 is 1.88 bits per heavy atom. The SMILES string of the molecule is C[C@@H](NC(=O)c1ccc(CCC(C)(C)O)cc1)c1nc2ccccc2[nH]1. The van der Waals surface area contributed by atoms with Gasteiger partial charge in [0.2, 0.25) is 0 Å². The lowest BCUT2D eigenvalue weighted by Gasteiger charge is -2.16. The van der Waals surface area contributed by atoms with E-state index in [0.29, 0.717) is 12.0 Å². The van der Waals surface area contributed by atoms with Gasteiger partial charge in [-0.25, -0.2) is 4.98 Å². The molecule has 0 aliphatic carbocycles. The van der Waals surface area contributed by atoms with Gasteiger partial charge in [-0.3, -0.25) is 4.79 Å². The van der Waals surface area contributed by atoms with Crippen molar-refractivity contribution in [2.45, 2.75) is 45.3 Å². The first-order valence-electron chi connectivity index (χ1n) is 8.89. The number of amides is 1. The number of nitrogens with one attached hydrogen (secondary N) is 2. The number of hydrogen-bond acceptors (Lipinski definition) is 3. The summed E-state index contributed by atoms with van der Waals surface area (Å²) in [6.45, 7) is 5.51. The number of para-hydroxylation sites is 2. The summed E-state index contributed by atoms with van der Waals surface area (Å²) in [4.78, 5) is 20.2. The quantitative estimate of drug-likeness (QED) is 0.633. The standard InChI is InChI=1S/C21H25N3O2/c1-14(19-23-17-6-4-5-7-18(17)24-19)22-20(25)16-10-8-15(9-11-16)12-13-21(2,3)26/h4-11,14,26H,12-13H2,1-3H3,(H,22,25)(H,23,24)/t14-/m1/s1. The number of aromatic amines is 1. The molecule has 0 fully saturated rings. The van der Waals surface area contributed by atoms with E-state index in [0.717, 1.165) is 28.8 Å². The molecule has 1 amide bonds. The molecular formula is C21H25N3O2. The monoisotopic (exact) mass is 351 g/mol. The van der Waals surface area contributed by atoms with Crippen LogP contribution < -0.4 is 5.32 Å². The maximum atomic E-state index is 12.5. The van der Waals surface area contributed by atoms with E-state index in [-0.39, 0.29) is 11.9 Å². The maximum absolute atomic E-state index is 12.5. The number of aromatic nitrogens is 2. The molecule has 0 bridgehead atoms. The fourth-order valence-corrected chi connectivity index (χ4v) is 2.80. The number of benzene rings is 2. The zero-order valence-electron chi connectivity index (χ0n) is 15.4. The molecular weight excluding hydrogens is 326 g/mol. The van der Waals surface area contributed by atoms with Crippen LogP contribution in [0.15, 0.2) is 48.5 Å². The molecule has 1 aromatic heterocycles. The molecule has 0 aliphatic heterocycles. The average Bonchev–Trinajstić information content (AvgIpc) is 3.04. The van der Waals surface area contributed by atoms with Crippen LogP contribution in [-0.4, -0.2) is 26.6 Å². The molecule has 136 valence electrons. The number of nitrogens with zero attached hydrogens (tertiary/aromatic N) is 1. The van der Waals surface area contributed by atoms with E-state index in [2.05, 4.69) is 15.3 Å². The summed E-state index contributed by atoms with van der Waals surface area (Å²) >= 11 is 0. The molecule has 2 aromatic carbocycles. The van der Waals surface area contributed by atoms with Crippen LogP contribution in [-0.2, 0) is 6.42 Å². The Labute approximate surface area is 153 Å². The van der Waals surface area contributed by atoms with Gasteiger partial charge in [0.1, 0.15) is 5.82 Å². The van der Waals surface area contributed by atoms with Gasteiger partial charge in [-0.1, -0.05) is 24.3 Å². The van der Waals surface area contributed by atoms with Crippen molar-refractivity contribution in [3.8, 4) is 0 Å². The van der Waals surface area contributed by atoms with Gasteiger partial charge < -0.3 is 15.4 Å². The molecule has 0 radical (unpaired) electrons. The Morgan fingerprint density at radius 1 is 1.19 bits per heavy atom. The van der Waals surface area contributed by atoms with Gasteiger partial charge in [-0.05, 0) is 63.4 Å². The lowest BCUT2D eigenvalue weighted by molar-refractivity contribution is 0.0713. The number of rotatable bonds is 6. The Balaban J connectivity index is 1.63. The van der Waals surface area contributed by atoms with E-state index < -0.39 is 5.60 Å². The lowest BCUT2D eigenvalue weighted by Crippen LogP contribution is -2.27. The van der Waals surface area contributed by atoms with Gasteiger partial charge in [0, 0.05) is 5.56 Å². The highest BCUT2D eigenvalue weighted by molar-refractivity contribution is 5.94. The van der Waals surface area contributed by atoms with E-state index in [1.165, 1.54) is 0 Å². The number of imidazole rings is 1. The van der Waals surface area contributed by atoms with Crippen molar-refractivity contribution in [1.29, 1.82) is 0 Å². The van der Waals surface area contributed by atoms with Crippen molar-refractivity contribution in [2.75, 3.05) is 0 Å². The first kappa shape index (κ1) is 18.1. The number of H-pyrrole nitrogens is 1. The van der Waals surface area contributed by atoms with E-state index in [1.54, 1.807) is 13.8 Å². The van der Waals surface area contributed by atoms with Gasteiger partial charge in [0.15, 0.2) is 0 Å². The largest absolute Gasteiger partial charge is 0.390 e. The topological polar surface area (TPSA) is 78.0 Å². The lowest BCUT2D eigenvalue weighted by atomic mass is 9.98. The highest BCUT2D eigenvalue weighted by Crippen LogP contribution is 2.17. The minimum Gasteiger partial charge on any atom is -0.390 e. The summed E-state index contributed by atoms with van der Waals surface area (Å²) in [6, 6.07) is 15.1. The molecule has 1 atom stereocenters. The van der Waals surface area contributed by atoms with E-state index in [4.69, 9.17) is 0 Å². The van der Waals surface area contributed by atoms with Crippen molar-refractivity contribution in [2.24, 2.45) is 0 Å². The number of aryl methyl sites for hydroxylation is 1. The van der Waals surface area contributed by atoms with Crippen molar-refractivity contribution < 1.29 is 9.90 Å². The van der Waals surface area contributed by atoms with Crippen molar-refractivity contribution in [1.82, 2.24) is 15.3 Å². The second kappa shape index (κ2) is 7.30. The maximum Gasteiger partial charge on any atom is 0.251 e. The van der Waals surface area contributed by atoms with E-state index >= 15 is 0 Å². The van der Waals surface area contributed by atoms with E-state index in [9.17, 15) is 9.90 Å². The molecule has 0 aliphatic rings. The van der Waals surface area contributed by atoms with Crippen molar-refractivity contribution in [3.63, 3.8) is 0 Å². The summed E-state index contributed by atoms with van der Waals surface area (Å²) < 4.78 is 0. The number of hydrogen-bond donors (Lipinski definition) is 3. The fourth-order valence-electron chi connectivity index (χ4n) is 2.80. The minimum atomic E-state index is -0.682. The predicted octanol–water partition coefficient (Wildman–Crippen LogP) is 3.76.